The molecule has 1 aliphatic heterocycles. The lowest BCUT2D eigenvalue weighted by molar-refractivity contribution is -0.156. The molecule has 0 aliphatic carbocycles. The summed E-state index contributed by atoms with van der Waals surface area (Å²) in [6.45, 7) is 9.17. The van der Waals surface area contributed by atoms with Crippen molar-refractivity contribution in [3.8, 4) is 0 Å². The highest BCUT2D eigenvalue weighted by molar-refractivity contribution is 5.76. The van der Waals surface area contributed by atoms with Gasteiger partial charge in [-0.25, -0.2) is 4.68 Å². The maximum atomic E-state index is 11.9. The number of carbonyl (C=O) groups is 1. The monoisotopic (exact) mass is 561 g/mol. The fraction of sp³-hybridized carbons (Fsp3) is 0.880. The van der Waals surface area contributed by atoms with Gasteiger partial charge in [-0.05, 0) is 33.2 Å². The Morgan fingerprint density at radius 3 is 2.46 bits per heavy atom. The smallest absolute Gasteiger partial charge is 0.220 e. The molecule has 1 amide bonds. The number of nitrogens with zero attached hydrogens (tertiary/aromatic N) is 3. The minimum absolute atomic E-state index is 0.0356. The number of rotatable bonds is 22. The topological polar surface area (TPSA) is 182 Å². The molecule has 1 aromatic rings. The van der Waals surface area contributed by atoms with E-state index in [0.717, 1.165) is 0 Å². The van der Waals surface area contributed by atoms with Crippen LogP contribution < -0.4 is 11.1 Å². The van der Waals surface area contributed by atoms with Gasteiger partial charge < -0.3 is 49.7 Å². The van der Waals surface area contributed by atoms with Crippen molar-refractivity contribution in [2.24, 2.45) is 5.73 Å². The first-order chi connectivity index (χ1) is 18.8. The van der Waals surface area contributed by atoms with E-state index < -0.39 is 23.9 Å². The summed E-state index contributed by atoms with van der Waals surface area (Å²) in [5, 5.41) is 30.6. The Hall–Kier alpha value is -1.75. The third-order valence-electron chi connectivity index (χ3n) is 5.77. The average molecular weight is 562 g/mol. The number of nitrogens with two attached hydrogens (primary N) is 1. The van der Waals surface area contributed by atoms with Crippen LogP contribution in [0, 0.1) is 0 Å². The molecule has 3 atom stereocenters. The van der Waals surface area contributed by atoms with Crippen molar-refractivity contribution < 1.29 is 43.4 Å². The summed E-state index contributed by atoms with van der Waals surface area (Å²) in [6, 6.07) is 0. The minimum atomic E-state index is -0.916. The second-order valence-corrected chi connectivity index (χ2v) is 9.96. The van der Waals surface area contributed by atoms with Crippen molar-refractivity contribution in [3.05, 3.63) is 11.9 Å². The number of ether oxygens (including phenoxy) is 6. The van der Waals surface area contributed by atoms with Crippen molar-refractivity contribution in [1.82, 2.24) is 20.3 Å². The van der Waals surface area contributed by atoms with Crippen LogP contribution in [0.4, 0.5) is 0 Å². The van der Waals surface area contributed by atoms with Gasteiger partial charge in [-0.1, -0.05) is 5.21 Å². The average Bonchev–Trinajstić information content (AvgIpc) is 3.35. The van der Waals surface area contributed by atoms with Crippen molar-refractivity contribution in [2.45, 2.75) is 70.1 Å². The number of aliphatic hydroxyl groups excluding tert-OH is 2. The zero-order valence-electron chi connectivity index (χ0n) is 23.3. The lowest BCUT2D eigenvalue weighted by Crippen LogP contribution is -2.47. The largest absolute Gasteiger partial charge is 0.390 e. The molecule has 1 aliphatic rings. The van der Waals surface area contributed by atoms with E-state index >= 15 is 0 Å². The van der Waals surface area contributed by atoms with Gasteiger partial charge in [0.05, 0.1) is 90.5 Å². The number of nitrogens with one attached hydrogen (secondary N) is 1. The van der Waals surface area contributed by atoms with Crippen LogP contribution in [0.2, 0.25) is 0 Å². The molecule has 0 saturated carbocycles. The maximum absolute atomic E-state index is 11.9. The third kappa shape index (κ3) is 15.0. The molecule has 0 spiro atoms. The summed E-state index contributed by atoms with van der Waals surface area (Å²) in [5.74, 6) is -0.0356. The van der Waals surface area contributed by atoms with Crippen molar-refractivity contribution in [3.63, 3.8) is 0 Å². The molecule has 2 rings (SSSR count). The Morgan fingerprint density at radius 2 is 1.77 bits per heavy atom. The summed E-state index contributed by atoms with van der Waals surface area (Å²) >= 11 is 0. The SMILES string of the molecule is CC(C)(COCc1cn(CCOCCOCCOCCOCC2OCCC(O)C2O)nn1)NC(=O)CCCN. The summed E-state index contributed by atoms with van der Waals surface area (Å²) in [7, 11) is 0. The van der Waals surface area contributed by atoms with Crippen LogP contribution in [0.15, 0.2) is 6.20 Å². The van der Waals surface area contributed by atoms with Crippen molar-refractivity contribution in [1.29, 1.82) is 0 Å². The quantitative estimate of drug-likeness (QED) is 0.127. The first kappa shape index (κ1) is 33.5. The molecule has 1 fully saturated rings. The number of carbonyl (C=O) groups excluding carboxylic acids is 1. The first-order valence-electron chi connectivity index (χ1n) is 13.6. The van der Waals surface area contributed by atoms with Gasteiger partial charge in [0.15, 0.2) is 0 Å². The number of hydrogen-bond acceptors (Lipinski definition) is 12. The molecule has 14 heteroatoms. The predicted molar refractivity (Wildman–Crippen MR) is 140 cm³/mol. The lowest BCUT2D eigenvalue weighted by atomic mass is 10.0. The van der Waals surface area contributed by atoms with E-state index in [1.54, 1.807) is 10.9 Å². The Labute approximate surface area is 230 Å². The van der Waals surface area contributed by atoms with Crippen LogP contribution in [0.5, 0.6) is 0 Å². The number of aromatic nitrogens is 3. The van der Waals surface area contributed by atoms with E-state index in [1.807, 2.05) is 13.8 Å². The highest BCUT2D eigenvalue weighted by Gasteiger charge is 2.31. The van der Waals surface area contributed by atoms with E-state index in [0.29, 0.717) is 104 Å². The maximum Gasteiger partial charge on any atom is 0.220 e. The fourth-order valence-electron chi connectivity index (χ4n) is 3.68. The second-order valence-electron chi connectivity index (χ2n) is 9.96. The van der Waals surface area contributed by atoms with E-state index in [9.17, 15) is 15.0 Å². The molecule has 3 unspecified atom stereocenters. The molecule has 0 aromatic carbocycles. The van der Waals surface area contributed by atoms with Gasteiger partial charge >= 0.3 is 0 Å². The zero-order chi connectivity index (χ0) is 28.3. The standard InChI is InChI=1S/C25H47N5O9/c1-25(2,27-23(32)4-3-6-26)19-38-17-20-16-30(29-28-20)7-9-34-10-11-35-12-13-36-14-15-37-18-22-24(33)21(31)5-8-39-22/h16,21-22,24,31,33H,3-15,17-19,26H2,1-2H3,(H,27,32). The number of hydrogen-bond donors (Lipinski definition) is 4. The van der Waals surface area contributed by atoms with Crippen LogP contribution in [-0.4, -0.2) is 128 Å². The molecule has 2 heterocycles. The predicted octanol–water partition coefficient (Wildman–Crippen LogP) is -0.994. The first-order valence-corrected chi connectivity index (χ1v) is 13.6. The van der Waals surface area contributed by atoms with Gasteiger partial charge in [0.1, 0.15) is 17.9 Å². The van der Waals surface area contributed by atoms with Crippen LogP contribution in [0.25, 0.3) is 0 Å². The molecular formula is C25H47N5O9. The Bertz CT molecular complexity index is 783. The normalized spacial score (nSPS) is 19.9. The summed E-state index contributed by atoms with van der Waals surface area (Å²) in [6.07, 6.45) is 1.13. The molecule has 39 heavy (non-hydrogen) atoms. The molecule has 14 nitrogen and oxygen atoms in total. The molecule has 0 radical (unpaired) electrons. The molecule has 226 valence electrons. The van der Waals surface area contributed by atoms with Crippen LogP contribution in [-0.2, 0) is 46.4 Å². The third-order valence-corrected chi connectivity index (χ3v) is 5.77. The summed E-state index contributed by atoms with van der Waals surface area (Å²) < 4.78 is 34.7. The van der Waals surface area contributed by atoms with E-state index in [1.165, 1.54) is 0 Å². The Kier molecular flexibility index (Phi) is 16.6. The fourth-order valence-corrected chi connectivity index (χ4v) is 3.68. The van der Waals surface area contributed by atoms with Crippen molar-refractivity contribution in [2.75, 3.05) is 72.6 Å². The van der Waals surface area contributed by atoms with Gasteiger partial charge in [-0.15, -0.1) is 5.10 Å². The van der Waals surface area contributed by atoms with Gasteiger partial charge in [0.25, 0.3) is 0 Å². The van der Waals surface area contributed by atoms with E-state index in [-0.39, 0.29) is 12.5 Å². The molecular weight excluding hydrogens is 514 g/mol. The minimum Gasteiger partial charge on any atom is -0.390 e. The number of amides is 1. The second kappa shape index (κ2) is 19.3. The van der Waals surface area contributed by atoms with E-state index in [4.69, 9.17) is 34.2 Å². The summed E-state index contributed by atoms with van der Waals surface area (Å²) in [4.78, 5) is 11.9. The molecule has 0 bridgehead atoms. The Balaban J connectivity index is 1.39. The van der Waals surface area contributed by atoms with Gasteiger partial charge in [0, 0.05) is 13.0 Å². The molecule has 1 aromatic heterocycles. The van der Waals surface area contributed by atoms with Crippen LogP contribution in [0.3, 0.4) is 0 Å². The molecule has 5 N–H and O–H groups in total. The Morgan fingerprint density at radius 1 is 1.10 bits per heavy atom. The van der Waals surface area contributed by atoms with Gasteiger partial charge in [-0.2, -0.15) is 0 Å². The van der Waals surface area contributed by atoms with E-state index in [2.05, 4.69) is 15.6 Å². The van der Waals surface area contributed by atoms with Gasteiger partial charge in [0.2, 0.25) is 5.91 Å². The van der Waals surface area contributed by atoms with Crippen molar-refractivity contribution >= 4 is 5.91 Å². The number of aliphatic hydroxyl groups is 2. The van der Waals surface area contributed by atoms with Crippen LogP contribution in [0.1, 0.15) is 38.8 Å². The summed E-state index contributed by atoms with van der Waals surface area (Å²) in [5.41, 5.74) is 5.65. The highest BCUT2D eigenvalue weighted by Crippen LogP contribution is 2.15. The zero-order valence-corrected chi connectivity index (χ0v) is 23.3. The molecule has 1 saturated heterocycles. The van der Waals surface area contributed by atoms with Crippen LogP contribution >= 0.6 is 0 Å². The lowest BCUT2D eigenvalue weighted by Gasteiger charge is -2.31. The highest BCUT2D eigenvalue weighted by atomic mass is 16.6. The van der Waals surface area contributed by atoms with Gasteiger partial charge in [-0.3, -0.25) is 4.79 Å².